The largest absolute Gasteiger partial charge is 0.394 e. The molecule has 1 saturated heterocycles. The molecular weight excluding hydrogens is 478 g/mol. The second-order valence-corrected chi connectivity index (χ2v) is 9.70. The Morgan fingerprint density at radius 3 is 2.38 bits per heavy atom. The number of nitrogens with two attached hydrogens (primary N) is 1. The molecule has 12 nitrogen and oxygen atoms in total. The zero-order valence-corrected chi connectivity index (χ0v) is 22.0. The molecule has 0 radical (unpaired) electrons. The molecule has 1 aliphatic rings. The Balaban J connectivity index is 1.75. The lowest BCUT2D eigenvalue weighted by molar-refractivity contribution is -0.121. The monoisotopic (exact) mass is 521 g/mol. The molecule has 37 heavy (non-hydrogen) atoms. The van der Waals surface area contributed by atoms with Gasteiger partial charge in [-0.15, -0.1) is 0 Å². The molecule has 1 aromatic rings. The van der Waals surface area contributed by atoms with Gasteiger partial charge in [0.2, 0.25) is 5.91 Å². The highest BCUT2D eigenvalue weighted by Gasteiger charge is 2.36. The highest BCUT2D eigenvalue weighted by atomic mass is 16.5. The van der Waals surface area contributed by atoms with E-state index >= 15 is 0 Å². The molecule has 0 bridgehead atoms. The van der Waals surface area contributed by atoms with E-state index in [4.69, 9.17) is 16.0 Å². The minimum atomic E-state index is -0.782. The molecule has 4 N–H and O–H groups in total. The van der Waals surface area contributed by atoms with Crippen LogP contribution in [0, 0.1) is 6.92 Å². The topological polar surface area (TPSA) is 177 Å². The van der Waals surface area contributed by atoms with Crippen LogP contribution in [-0.2, 0) is 16.1 Å². The van der Waals surface area contributed by atoms with E-state index in [9.17, 15) is 19.5 Å². The van der Waals surface area contributed by atoms with Crippen LogP contribution in [0.2, 0.25) is 0 Å². The van der Waals surface area contributed by atoms with Gasteiger partial charge in [0.1, 0.15) is 6.23 Å². The van der Waals surface area contributed by atoms with Gasteiger partial charge in [-0.1, -0.05) is 56.5 Å². The zero-order valence-electron chi connectivity index (χ0n) is 22.0. The smallest absolute Gasteiger partial charge is 0.333 e. The van der Waals surface area contributed by atoms with Gasteiger partial charge < -0.3 is 20.9 Å². The number of aromatic nitrogens is 2. The van der Waals surface area contributed by atoms with Crippen molar-refractivity contribution in [2.45, 2.75) is 109 Å². The Morgan fingerprint density at radius 2 is 1.78 bits per heavy atom. The van der Waals surface area contributed by atoms with E-state index in [1.165, 1.54) is 49.3 Å². The van der Waals surface area contributed by atoms with Crippen LogP contribution >= 0.6 is 0 Å². The molecule has 0 aliphatic carbocycles. The number of hydrogen-bond acceptors (Lipinski definition) is 7. The van der Waals surface area contributed by atoms with E-state index in [1.807, 2.05) is 0 Å². The van der Waals surface area contributed by atoms with E-state index in [0.717, 1.165) is 36.8 Å². The van der Waals surface area contributed by atoms with Crippen LogP contribution in [0.1, 0.15) is 88.8 Å². The molecule has 0 saturated carbocycles. The number of amides is 1. The first-order valence-corrected chi connectivity index (χ1v) is 13.5. The van der Waals surface area contributed by atoms with Gasteiger partial charge in [-0.2, -0.15) is 0 Å². The first-order valence-electron chi connectivity index (χ1n) is 13.5. The molecule has 208 valence electrons. The summed E-state index contributed by atoms with van der Waals surface area (Å²) < 4.78 is 7.99. The van der Waals surface area contributed by atoms with Crippen molar-refractivity contribution >= 4 is 5.91 Å². The fraction of sp³-hybridized carbons (Fsp3) is 0.800. The lowest BCUT2D eigenvalue weighted by Gasteiger charge is -2.17. The van der Waals surface area contributed by atoms with Crippen molar-refractivity contribution in [2.75, 3.05) is 19.7 Å². The van der Waals surface area contributed by atoms with Gasteiger partial charge in [-0.05, 0) is 31.8 Å². The second kappa shape index (κ2) is 17.0. The Bertz CT molecular complexity index is 1000. The summed E-state index contributed by atoms with van der Waals surface area (Å²) >= 11 is 0. The van der Waals surface area contributed by atoms with Crippen molar-refractivity contribution in [3.63, 3.8) is 0 Å². The Kier molecular flexibility index (Phi) is 14.0. The maximum atomic E-state index is 13.0. The lowest BCUT2D eigenvalue weighted by Crippen LogP contribution is -2.43. The van der Waals surface area contributed by atoms with Gasteiger partial charge >= 0.3 is 5.69 Å². The van der Waals surface area contributed by atoms with Gasteiger partial charge in [0, 0.05) is 42.6 Å². The number of rotatable bonds is 18. The number of nitrogens with one attached hydrogen (secondary N) is 1. The van der Waals surface area contributed by atoms with Crippen LogP contribution in [0.25, 0.3) is 10.4 Å². The van der Waals surface area contributed by atoms with E-state index in [-0.39, 0.29) is 31.9 Å². The Morgan fingerprint density at radius 1 is 1.16 bits per heavy atom. The number of carbonyl (C=O) groups excluding carboxylic acids is 1. The number of aliphatic hydroxyl groups is 1. The van der Waals surface area contributed by atoms with Crippen LogP contribution in [0.3, 0.4) is 0 Å². The molecule has 1 amide bonds. The van der Waals surface area contributed by atoms with E-state index in [0.29, 0.717) is 12.1 Å². The summed E-state index contributed by atoms with van der Waals surface area (Å²) in [5.74, 6) is -0.210. The summed E-state index contributed by atoms with van der Waals surface area (Å²) in [4.78, 5) is 40.7. The van der Waals surface area contributed by atoms with Crippen molar-refractivity contribution in [1.82, 2.24) is 14.5 Å². The minimum Gasteiger partial charge on any atom is -0.394 e. The predicted molar refractivity (Wildman–Crippen MR) is 141 cm³/mol. The van der Waals surface area contributed by atoms with Crippen LogP contribution in [0.15, 0.2) is 20.9 Å². The van der Waals surface area contributed by atoms with Crippen molar-refractivity contribution in [3.05, 3.63) is 43.0 Å². The summed E-state index contributed by atoms with van der Waals surface area (Å²) in [6.07, 6.45) is 11.8. The fourth-order valence-electron chi connectivity index (χ4n) is 4.61. The lowest BCUT2D eigenvalue weighted by atomic mass is 10.1. The molecule has 2 heterocycles. The van der Waals surface area contributed by atoms with Crippen LogP contribution < -0.4 is 22.3 Å². The van der Waals surface area contributed by atoms with Crippen molar-refractivity contribution in [2.24, 2.45) is 10.8 Å². The maximum Gasteiger partial charge on any atom is 0.333 e. The summed E-state index contributed by atoms with van der Waals surface area (Å²) in [7, 11) is 0. The molecular formula is C25H43N7O5. The number of hydrogen-bond donors (Lipinski definition) is 3. The Hall–Kier alpha value is -2.66. The molecule has 3 atom stereocenters. The van der Waals surface area contributed by atoms with Crippen LogP contribution in [-0.4, -0.2) is 52.0 Å². The van der Waals surface area contributed by atoms with Gasteiger partial charge in [0.05, 0.1) is 18.8 Å². The molecule has 12 heteroatoms. The van der Waals surface area contributed by atoms with E-state index in [1.54, 1.807) is 6.92 Å². The van der Waals surface area contributed by atoms with Gasteiger partial charge in [-0.3, -0.25) is 18.7 Å². The molecule has 1 fully saturated rings. The standard InChI is InChI=1S/C25H43N7O5/c1-19-17-32(23-16-20(29-30-27)21(18-33)37-23)25(36)31(24(19)35)15-12-22(34)28-14-11-9-7-5-3-2-4-6-8-10-13-26/h17,20-21,23,33H,2-16,18,26H2,1H3,(H,28,34)/t20-,21+,23+/m0/s1. The number of carbonyl (C=O) groups is 1. The molecule has 0 unspecified atom stereocenters. The second-order valence-electron chi connectivity index (χ2n) is 9.70. The average Bonchev–Trinajstić information content (AvgIpc) is 3.29. The summed E-state index contributed by atoms with van der Waals surface area (Å²) in [6.45, 7) is 2.53. The summed E-state index contributed by atoms with van der Waals surface area (Å²) in [5.41, 5.74) is 13.5. The molecule has 0 spiro atoms. The van der Waals surface area contributed by atoms with Gasteiger partial charge in [-0.25, -0.2) is 4.79 Å². The number of aliphatic hydroxyl groups excluding tert-OH is 1. The molecule has 1 aliphatic heterocycles. The van der Waals surface area contributed by atoms with Gasteiger partial charge in [0.25, 0.3) is 5.56 Å². The zero-order chi connectivity index (χ0) is 27.0. The van der Waals surface area contributed by atoms with Crippen molar-refractivity contribution < 1.29 is 14.6 Å². The third-order valence-corrected chi connectivity index (χ3v) is 6.78. The van der Waals surface area contributed by atoms with Crippen molar-refractivity contribution in [3.8, 4) is 0 Å². The molecule has 2 rings (SSSR count). The third-order valence-electron chi connectivity index (χ3n) is 6.78. The summed E-state index contributed by atoms with van der Waals surface area (Å²) in [5, 5.41) is 16.0. The first-order chi connectivity index (χ1) is 17.9. The normalized spacial score (nSPS) is 19.1. The highest BCUT2D eigenvalue weighted by molar-refractivity contribution is 5.75. The van der Waals surface area contributed by atoms with Crippen LogP contribution in [0.4, 0.5) is 0 Å². The third kappa shape index (κ3) is 9.96. The number of nitrogens with zero attached hydrogens (tertiary/aromatic N) is 5. The first kappa shape index (κ1) is 30.6. The number of unbranched alkanes of at least 4 members (excludes halogenated alkanes) is 9. The average molecular weight is 522 g/mol. The number of ether oxygens (including phenoxy) is 1. The highest BCUT2D eigenvalue weighted by Crippen LogP contribution is 2.29. The summed E-state index contributed by atoms with van der Waals surface area (Å²) in [6, 6.07) is -0.621. The SMILES string of the molecule is Cc1cn([C@H]2C[C@H](N=[N+]=[N-])[C@@H](CO)O2)c(=O)n(CCC(=O)NCCCCCCCCCCCCN)c1=O. The van der Waals surface area contributed by atoms with Crippen molar-refractivity contribution in [1.29, 1.82) is 0 Å². The molecule has 0 aromatic carbocycles. The fourth-order valence-corrected chi connectivity index (χ4v) is 4.61. The maximum absolute atomic E-state index is 13.0. The van der Waals surface area contributed by atoms with E-state index in [2.05, 4.69) is 15.3 Å². The predicted octanol–water partition coefficient (Wildman–Crippen LogP) is 2.64. The van der Waals surface area contributed by atoms with E-state index < -0.39 is 29.6 Å². The minimum absolute atomic E-state index is 0.00883. The number of azide groups is 1. The quantitative estimate of drug-likeness (QED) is 0.116. The number of aryl methyl sites for hydroxylation is 1. The van der Waals surface area contributed by atoms with Gasteiger partial charge in [0.15, 0.2) is 0 Å². The Labute approximate surface area is 217 Å². The van der Waals surface area contributed by atoms with Crippen LogP contribution in [0.5, 0.6) is 0 Å². The molecule has 1 aromatic heterocycles.